The van der Waals surface area contributed by atoms with E-state index < -0.39 is 29.1 Å². The number of fused-ring (bicyclic) bond motifs is 1. The van der Waals surface area contributed by atoms with Gasteiger partial charge in [-0.2, -0.15) is 0 Å². The molecule has 164 valence electrons. The molecule has 0 unspecified atom stereocenters. The third-order valence-electron chi connectivity index (χ3n) is 6.53. The first kappa shape index (κ1) is 21.1. The van der Waals surface area contributed by atoms with E-state index in [-0.39, 0.29) is 30.8 Å². The van der Waals surface area contributed by atoms with E-state index in [0.717, 1.165) is 11.3 Å². The predicted octanol–water partition coefficient (Wildman–Crippen LogP) is 0.784. The fraction of sp³-hybridized carbons (Fsp3) is 0.435. The van der Waals surface area contributed by atoms with Crippen molar-refractivity contribution in [3.63, 3.8) is 0 Å². The van der Waals surface area contributed by atoms with Crippen molar-refractivity contribution in [2.75, 3.05) is 20.7 Å². The Labute approximate surface area is 181 Å². The maximum atomic E-state index is 13.4. The monoisotopic (exact) mass is 425 g/mol. The van der Waals surface area contributed by atoms with Crippen LogP contribution in [0.4, 0.5) is 0 Å². The molecule has 1 aromatic rings. The number of hydrogen-bond donors (Lipinski definition) is 2. The summed E-state index contributed by atoms with van der Waals surface area (Å²) in [5.41, 5.74) is -1.23. The van der Waals surface area contributed by atoms with Gasteiger partial charge in [0.2, 0.25) is 17.7 Å². The fourth-order valence-electron chi connectivity index (χ4n) is 5.15. The molecule has 2 N–H and O–H groups in total. The van der Waals surface area contributed by atoms with Crippen LogP contribution in [0.15, 0.2) is 49.1 Å². The molecule has 2 bridgehead atoms. The first-order chi connectivity index (χ1) is 14.8. The van der Waals surface area contributed by atoms with Crippen LogP contribution in [-0.2, 0) is 25.7 Å². The number of carbonyl (C=O) groups is 3. The minimum absolute atomic E-state index is 0.187. The maximum absolute atomic E-state index is 13.4. The summed E-state index contributed by atoms with van der Waals surface area (Å²) in [6.45, 7) is 5.98. The van der Waals surface area contributed by atoms with Crippen molar-refractivity contribution in [1.29, 1.82) is 0 Å². The van der Waals surface area contributed by atoms with E-state index in [9.17, 15) is 14.4 Å². The molecule has 1 spiro atoms. The van der Waals surface area contributed by atoms with Crippen LogP contribution < -0.4 is 15.4 Å². The van der Waals surface area contributed by atoms with Gasteiger partial charge in [0.05, 0.1) is 24.5 Å². The van der Waals surface area contributed by atoms with E-state index in [1.54, 1.807) is 32.3 Å². The van der Waals surface area contributed by atoms with Gasteiger partial charge in [0.25, 0.3) is 0 Å². The molecule has 8 heteroatoms. The molecule has 4 rings (SSSR count). The van der Waals surface area contributed by atoms with Crippen molar-refractivity contribution in [3.8, 4) is 5.75 Å². The average molecular weight is 425 g/mol. The van der Waals surface area contributed by atoms with Crippen molar-refractivity contribution in [2.24, 2.45) is 11.8 Å². The van der Waals surface area contributed by atoms with E-state index in [1.165, 1.54) is 11.9 Å². The summed E-state index contributed by atoms with van der Waals surface area (Å²) in [7, 11) is 3.13. The minimum atomic E-state index is -1.18. The highest BCUT2D eigenvalue weighted by Crippen LogP contribution is 2.59. The number of benzene rings is 1. The van der Waals surface area contributed by atoms with Gasteiger partial charge in [-0.05, 0) is 24.6 Å². The molecule has 0 aromatic heterocycles. The molecule has 0 aliphatic carbocycles. The summed E-state index contributed by atoms with van der Waals surface area (Å²) >= 11 is 0. The van der Waals surface area contributed by atoms with Crippen LogP contribution in [0.1, 0.15) is 12.5 Å². The average Bonchev–Trinajstić information content (AvgIpc) is 3.33. The Morgan fingerprint density at radius 1 is 1.26 bits per heavy atom. The van der Waals surface area contributed by atoms with Crippen LogP contribution >= 0.6 is 0 Å². The van der Waals surface area contributed by atoms with Gasteiger partial charge in [-0.3, -0.25) is 14.4 Å². The molecule has 3 amide bonds. The second-order valence-corrected chi connectivity index (χ2v) is 8.29. The number of ether oxygens (including phenoxy) is 2. The van der Waals surface area contributed by atoms with E-state index in [0.29, 0.717) is 0 Å². The molecule has 2 fully saturated rings. The number of carbonyl (C=O) groups excluding carboxylic acids is 3. The molecule has 3 aliphatic rings. The number of rotatable bonds is 7. The zero-order valence-corrected chi connectivity index (χ0v) is 17.9. The van der Waals surface area contributed by atoms with Gasteiger partial charge in [-0.1, -0.05) is 30.4 Å². The summed E-state index contributed by atoms with van der Waals surface area (Å²) in [6.07, 6.45) is 5.17. The number of nitrogens with one attached hydrogen (secondary N) is 2. The Balaban J connectivity index is 1.63. The van der Waals surface area contributed by atoms with E-state index >= 15 is 0 Å². The predicted molar refractivity (Wildman–Crippen MR) is 113 cm³/mol. The highest BCUT2D eigenvalue weighted by atomic mass is 16.5. The Bertz CT molecular complexity index is 958. The lowest BCUT2D eigenvalue weighted by atomic mass is 9.70. The summed E-state index contributed by atoms with van der Waals surface area (Å²) in [5.74, 6) is -1.62. The van der Waals surface area contributed by atoms with Gasteiger partial charge in [0.15, 0.2) is 0 Å². The van der Waals surface area contributed by atoms with Crippen LogP contribution in [0, 0.1) is 11.8 Å². The zero-order chi connectivity index (χ0) is 22.4. The minimum Gasteiger partial charge on any atom is -0.497 e. The molecule has 31 heavy (non-hydrogen) atoms. The maximum Gasteiger partial charge on any atom is 0.246 e. The molecule has 3 aliphatic heterocycles. The Morgan fingerprint density at radius 3 is 2.58 bits per heavy atom. The third-order valence-corrected chi connectivity index (χ3v) is 6.53. The van der Waals surface area contributed by atoms with E-state index in [1.807, 2.05) is 24.3 Å². The first-order valence-electron chi connectivity index (χ1n) is 10.3. The van der Waals surface area contributed by atoms with Crippen molar-refractivity contribution in [2.45, 2.75) is 30.7 Å². The van der Waals surface area contributed by atoms with Gasteiger partial charge >= 0.3 is 0 Å². The topological polar surface area (TPSA) is 97.0 Å². The third kappa shape index (κ3) is 3.05. The smallest absolute Gasteiger partial charge is 0.246 e. The molecule has 5 atom stereocenters. The standard InChI is InChI=1S/C23H27N3O5/c1-5-12-26-18(20(28)25-13-14-6-8-15(30-4)9-7-14)23-11-10-22(2,31-23)16(19(27)24-3)17(23)21(26)29/h5-11,16-18H,1,12-13H2,2-4H3,(H,24,27)(H,25,28)/t16-,17-,18-,22+,23-/m0/s1. The zero-order valence-electron chi connectivity index (χ0n) is 17.9. The van der Waals surface area contributed by atoms with Crippen LogP contribution in [0.25, 0.3) is 0 Å². The van der Waals surface area contributed by atoms with Crippen LogP contribution in [-0.4, -0.2) is 60.6 Å². The summed E-state index contributed by atoms with van der Waals surface area (Å²) in [4.78, 5) is 40.9. The summed E-state index contributed by atoms with van der Waals surface area (Å²) < 4.78 is 11.5. The van der Waals surface area contributed by atoms with Gasteiger partial charge in [0, 0.05) is 20.1 Å². The molecule has 0 saturated carbocycles. The largest absolute Gasteiger partial charge is 0.497 e. The fourth-order valence-corrected chi connectivity index (χ4v) is 5.15. The quantitative estimate of drug-likeness (QED) is 0.630. The van der Waals surface area contributed by atoms with E-state index in [2.05, 4.69) is 17.2 Å². The number of hydrogen-bond acceptors (Lipinski definition) is 5. The van der Waals surface area contributed by atoms with Crippen LogP contribution in [0.2, 0.25) is 0 Å². The highest BCUT2D eigenvalue weighted by Gasteiger charge is 2.75. The van der Waals surface area contributed by atoms with Gasteiger partial charge < -0.3 is 25.0 Å². The molecule has 3 heterocycles. The lowest BCUT2D eigenvalue weighted by Crippen LogP contribution is -2.54. The van der Waals surface area contributed by atoms with Gasteiger partial charge in [0.1, 0.15) is 17.4 Å². The van der Waals surface area contributed by atoms with Crippen molar-refractivity contribution >= 4 is 17.7 Å². The summed E-state index contributed by atoms with van der Waals surface area (Å²) in [6, 6.07) is 6.47. The molecule has 1 aromatic carbocycles. The Morgan fingerprint density at radius 2 is 1.97 bits per heavy atom. The van der Waals surface area contributed by atoms with E-state index in [4.69, 9.17) is 9.47 Å². The molecule has 2 saturated heterocycles. The number of nitrogens with zero attached hydrogens (tertiary/aromatic N) is 1. The van der Waals surface area contributed by atoms with Crippen LogP contribution in [0.5, 0.6) is 5.75 Å². The number of amides is 3. The van der Waals surface area contributed by atoms with Crippen LogP contribution in [0.3, 0.4) is 0 Å². The van der Waals surface area contributed by atoms with Crippen molar-refractivity contribution < 1.29 is 23.9 Å². The normalized spacial score (nSPS) is 32.7. The van der Waals surface area contributed by atoms with Crippen molar-refractivity contribution in [1.82, 2.24) is 15.5 Å². The number of methoxy groups -OCH3 is 1. The highest BCUT2D eigenvalue weighted by molar-refractivity contribution is 6.00. The Kier molecular flexibility index (Phi) is 5.13. The lowest BCUT2D eigenvalue weighted by molar-refractivity contribution is -0.144. The summed E-state index contributed by atoms with van der Waals surface area (Å²) in [5, 5.41) is 5.56. The van der Waals surface area contributed by atoms with Gasteiger partial charge in [-0.15, -0.1) is 6.58 Å². The Hall–Kier alpha value is -3.13. The molecule has 8 nitrogen and oxygen atoms in total. The molecular formula is C23H27N3O5. The molecular weight excluding hydrogens is 398 g/mol. The lowest BCUT2D eigenvalue weighted by Gasteiger charge is -2.32. The number of likely N-dealkylation sites (tertiary alicyclic amines) is 1. The van der Waals surface area contributed by atoms with Crippen molar-refractivity contribution in [3.05, 3.63) is 54.6 Å². The second-order valence-electron chi connectivity index (χ2n) is 8.29. The molecule has 0 radical (unpaired) electrons. The van der Waals surface area contributed by atoms with Gasteiger partial charge in [-0.25, -0.2) is 0 Å². The SMILES string of the molecule is C=CCN1C(=O)[C@@H]2[C@@H](C(=O)NC)[C@@]3(C)C=C[C@@]2(O3)[C@@H]1C(=O)NCc1ccc(OC)cc1. The first-order valence-corrected chi connectivity index (χ1v) is 10.3. The second kappa shape index (κ2) is 7.53.